The van der Waals surface area contributed by atoms with Gasteiger partial charge in [-0.25, -0.2) is 0 Å². The molecule has 1 fully saturated rings. The zero-order valence-electron chi connectivity index (χ0n) is 12.6. The summed E-state index contributed by atoms with van der Waals surface area (Å²) in [7, 11) is 6.04. The van der Waals surface area contributed by atoms with Gasteiger partial charge in [-0.2, -0.15) is 0 Å². The van der Waals surface area contributed by atoms with Gasteiger partial charge in [0.05, 0.1) is 11.7 Å². The lowest BCUT2D eigenvalue weighted by atomic mass is 9.96. The van der Waals surface area contributed by atoms with Crippen LogP contribution in [-0.4, -0.2) is 73.5 Å². The van der Waals surface area contributed by atoms with Gasteiger partial charge >= 0.3 is 0 Å². The maximum Gasteiger partial charge on any atom is 0.0623 e. The van der Waals surface area contributed by atoms with Gasteiger partial charge in [-0.3, -0.25) is 0 Å². The van der Waals surface area contributed by atoms with Crippen LogP contribution in [0.1, 0.15) is 33.1 Å². The maximum atomic E-state index is 10.2. The molecule has 4 nitrogen and oxygen atoms in total. The Morgan fingerprint density at radius 3 is 2.61 bits per heavy atom. The number of piperazine rings is 1. The minimum absolute atomic E-state index is 0.129. The van der Waals surface area contributed by atoms with Gasteiger partial charge in [0.25, 0.3) is 0 Å². The number of hydrogen-bond acceptors (Lipinski definition) is 4. The van der Waals surface area contributed by atoms with Crippen molar-refractivity contribution in [2.24, 2.45) is 0 Å². The molecule has 4 heteroatoms. The molecular formula is C14H30N2O2. The third-order valence-corrected chi connectivity index (χ3v) is 4.16. The quantitative estimate of drug-likeness (QED) is 0.776. The van der Waals surface area contributed by atoms with Crippen molar-refractivity contribution in [2.75, 3.05) is 40.8 Å². The fraction of sp³-hybridized carbons (Fsp3) is 1.00. The summed E-state index contributed by atoms with van der Waals surface area (Å²) in [5.41, 5.74) is -0.129. The van der Waals surface area contributed by atoms with E-state index in [1.807, 2.05) is 0 Å². The van der Waals surface area contributed by atoms with E-state index in [4.69, 9.17) is 4.74 Å². The number of methoxy groups -OCH3 is 1. The lowest BCUT2D eigenvalue weighted by molar-refractivity contribution is -0.00326. The van der Waals surface area contributed by atoms with Gasteiger partial charge in [0.2, 0.25) is 0 Å². The van der Waals surface area contributed by atoms with Gasteiger partial charge in [0, 0.05) is 32.8 Å². The van der Waals surface area contributed by atoms with E-state index in [1.165, 1.54) is 0 Å². The monoisotopic (exact) mass is 258 g/mol. The van der Waals surface area contributed by atoms with Crippen LogP contribution in [0.2, 0.25) is 0 Å². The molecule has 0 spiro atoms. The van der Waals surface area contributed by atoms with Crippen LogP contribution in [0, 0.1) is 0 Å². The molecule has 1 rings (SSSR count). The summed E-state index contributed by atoms with van der Waals surface area (Å²) in [6.07, 6.45) is 2.35. The van der Waals surface area contributed by atoms with Crippen molar-refractivity contribution in [3.05, 3.63) is 0 Å². The molecule has 2 unspecified atom stereocenters. The molecule has 1 N–H and O–H groups in total. The molecule has 2 atom stereocenters. The average Bonchev–Trinajstić information content (AvgIpc) is 2.31. The Balaban J connectivity index is 2.32. The van der Waals surface area contributed by atoms with E-state index in [2.05, 4.69) is 37.7 Å². The Labute approximate surface area is 112 Å². The molecular weight excluding hydrogens is 228 g/mol. The lowest BCUT2D eigenvalue weighted by Gasteiger charge is -2.38. The normalized spacial score (nSPS) is 25.3. The summed E-state index contributed by atoms with van der Waals surface area (Å²) in [5.74, 6) is 0. The molecule has 1 saturated heterocycles. The third-order valence-electron chi connectivity index (χ3n) is 4.16. The molecule has 108 valence electrons. The van der Waals surface area contributed by atoms with Crippen molar-refractivity contribution < 1.29 is 9.84 Å². The molecule has 1 heterocycles. The van der Waals surface area contributed by atoms with E-state index in [1.54, 1.807) is 7.11 Å². The Morgan fingerprint density at radius 2 is 2.00 bits per heavy atom. The fourth-order valence-electron chi connectivity index (χ4n) is 2.40. The van der Waals surface area contributed by atoms with Crippen molar-refractivity contribution in [3.8, 4) is 0 Å². The van der Waals surface area contributed by atoms with Gasteiger partial charge in [-0.15, -0.1) is 0 Å². The highest BCUT2D eigenvalue weighted by Gasteiger charge is 2.25. The van der Waals surface area contributed by atoms with Crippen LogP contribution >= 0.6 is 0 Å². The Morgan fingerprint density at radius 1 is 1.33 bits per heavy atom. The van der Waals surface area contributed by atoms with Gasteiger partial charge in [-0.1, -0.05) is 0 Å². The van der Waals surface area contributed by atoms with Crippen molar-refractivity contribution in [3.63, 3.8) is 0 Å². The first-order valence-electron chi connectivity index (χ1n) is 6.96. The lowest BCUT2D eigenvalue weighted by Crippen LogP contribution is -2.51. The summed E-state index contributed by atoms with van der Waals surface area (Å²) in [4.78, 5) is 4.71. The highest BCUT2D eigenvalue weighted by molar-refractivity contribution is 4.81. The zero-order valence-corrected chi connectivity index (χ0v) is 12.6. The van der Waals surface area contributed by atoms with E-state index in [0.717, 1.165) is 38.9 Å². The number of nitrogens with zero attached hydrogens (tertiary/aromatic N) is 2. The van der Waals surface area contributed by atoms with Crippen LogP contribution in [0.25, 0.3) is 0 Å². The Kier molecular flexibility index (Phi) is 6.05. The Hall–Kier alpha value is -0.160. The Bertz CT molecular complexity index is 246. The molecule has 0 aromatic rings. The minimum Gasteiger partial charge on any atom is -0.393 e. The highest BCUT2D eigenvalue weighted by Crippen LogP contribution is 2.20. The smallest absolute Gasteiger partial charge is 0.0623 e. The highest BCUT2D eigenvalue weighted by atomic mass is 16.5. The van der Waals surface area contributed by atoms with E-state index >= 15 is 0 Å². The van der Waals surface area contributed by atoms with Crippen molar-refractivity contribution in [1.29, 1.82) is 0 Å². The first-order chi connectivity index (χ1) is 8.34. The van der Waals surface area contributed by atoms with Crippen molar-refractivity contribution >= 4 is 0 Å². The summed E-state index contributed by atoms with van der Waals surface area (Å²) >= 11 is 0. The molecule has 1 aliphatic heterocycles. The summed E-state index contributed by atoms with van der Waals surface area (Å²) in [6.45, 7) is 7.42. The van der Waals surface area contributed by atoms with Crippen LogP contribution in [0.5, 0.6) is 0 Å². The summed E-state index contributed by atoms with van der Waals surface area (Å²) in [5, 5.41) is 10.2. The zero-order chi connectivity index (χ0) is 13.8. The largest absolute Gasteiger partial charge is 0.393 e. The molecule has 1 aliphatic rings. The maximum absolute atomic E-state index is 10.2. The number of aliphatic hydroxyl groups excluding tert-OH is 1. The average molecular weight is 258 g/mol. The molecule has 18 heavy (non-hydrogen) atoms. The van der Waals surface area contributed by atoms with Crippen LogP contribution in [-0.2, 0) is 4.74 Å². The second kappa shape index (κ2) is 6.85. The summed E-state index contributed by atoms with van der Waals surface area (Å²) < 4.78 is 5.39. The standard InChI is InChI=1S/C14H30N2O2/c1-14(2,18-5)7-6-13(17)10-12-11-15(3)8-9-16(12)4/h12-13,17H,6-11H2,1-5H3. The fourth-order valence-corrected chi connectivity index (χ4v) is 2.40. The predicted molar refractivity (Wildman–Crippen MR) is 74.9 cm³/mol. The van der Waals surface area contributed by atoms with Gasteiger partial charge < -0.3 is 19.6 Å². The molecule has 0 aromatic heterocycles. The third kappa shape index (κ3) is 5.22. The number of ether oxygens (including phenoxy) is 1. The second-order valence-corrected chi connectivity index (χ2v) is 6.29. The molecule has 0 amide bonds. The first kappa shape index (κ1) is 15.9. The van der Waals surface area contributed by atoms with Gasteiger partial charge in [-0.05, 0) is 47.2 Å². The molecule has 0 aromatic carbocycles. The second-order valence-electron chi connectivity index (χ2n) is 6.29. The number of hydrogen-bond donors (Lipinski definition) is 1. The number of rotatable bonds is 6. The van der Waals surface area contributed by atoms with Gasteiger partial charge in [0.15, 0.2) is 0 Å². The minimum atomic E-state index is -0.224. The SMILES string of the molecule is COC(C)(C)CCC(O)CC1CN(C)CCN1C. The van der Waals surface area contributed by atoms with E-state index in [9.17, 15) is 5.11 Å². The van der Waals surface area contributed by atoms with Crippen LogP contribution in [0.15, 0.2) is 0 Å². The van der Waals surface area contributed by atoms with Crippen LogP contribution in [0.4, 0.5) is 0 Å². The first-order valence-corrected chi connectivity index (χ1v) is 6.96. The van der Waals surface area contributed by atoms with Crippen LogP contribution in [0.3, 0.4) is 0 Å². The van der Waals surface area contributed by atoms with E-state index in [0.29, 0.717) is 6.04 Å². The van der Waals surface area contributed by atoms with E-state index < -0.39 is 0 Å². The van der Waals surface area contributed by atoms with Crippen molar-refractivity contribution in [2.45, 2.75) is 50.9 Å². The predicted octanol–water partition coefficient (Wildman–Crippen LogP) is 1.19. The summed E-state index contributed by atoms with van der Waals surface area (Å²) in [6, 6.07) is 0.476. The van der Waals surface area contributed by atoms with Crippen LogP contribution < -0.4 is 0 Å². The van der Waals surface area contributed by atoms with Gasteiger partial charge in [0.1, 0.15) is 0 Å². The molecule has 0 radical (unpaired) electrons. The van der Waals surface area contributed by atoms with Crippen molar-refractivity contribution in [1.82, 2.24) is 9.80 Å². The molecule has 0 aliphatic carbocycles. The number of aliphatic hydroxyl groups is 1. The molecule has 0 bridgehead atoms. The topological polar surface area (TPSA) is 35.9 Å². The molecule has 0 saturated carbocycles. The van der Waals surface area contributed by atoms with E-state index in [-0.39, 0.29) is 11.7 Å². The number of likely N-dealkylation sites (N-methyl/N-ethyl adjacent to an activating group) is 2.